The molecule has 3 N–H and O–H groups in total. The largest absolute Gasteiger partial charge is 1.00 e. The van der Waals surface area contributed by atoms with Gasteiger partial charge in [0.25, 0.3) is 0 Å². The van der Waals surface area contributed by atoms with Crippen molar-refractivity contribution in [3.05, 3.63) is 35.4 Å². The van der Waals surface area contributed by atoms with Crippen molar-refractivity contribution >= 4 is 5.78 Å². The van der Waals surface area contributed by atoms with Gasteiger partial charge < -0.3 is 18.1 Å². The van der Waals surface area contributed by atoms with Crippen LogP contribution in [0.1, 0.15) is 22.8 Å². The summed E-state index contributed by atoms with van der Waals surface area (Å²) in [5.74, 6) is 0.111. The van der Waals surface area contributed by atoms with Crippen LogP contribution in [0.3, 0.4) is 0 Å². The number of halogens is 1. The fourth-order valence-corrected chi connectivity index (χ4v) is 0.946. The molecular formula is C9H12ClNO. The van der Waals surface area contributed by atoms with Gasteiger partial charge in [-0.15, -0.1) is 0 Å². The Kier molecular flexibility index (Phi) is 4.55. The van der Waals surface area contributed by atoms with Crippen molar-refractivity contribution in [1.82, 2.24) is 0 Å². The fraction of sp³-hybridized carbons (Fsp3) is 0.222. The van der Waals surface area contributed by atoms with E-state index in [0.717, 1.165) is 17.7 Å². The molecule has 0 heterocycles. The van der Waals surface area contributed by atoms with Crippen LogP contribution in [0.5, 0.6) is 0 Å². The average molecular weight is 186 g/mol. The van der Waals surface area contributed by atoms with Gasteiger partial charge in [0.15, 0.2) is 5.78 Å². The molecule has 0 aliphatic heterocycles. The summed E-state index contributed by atoms with van der Waals surface area (Å²) in [6.45, 7) is 2.31. The third kappa shape index (κ3) is 2.64. The second-order valence-electron chi connectivity index (χ2n) is 2.51. The maximum atomic E-state index is 10.9. The zero-order valence-electron chi connectivity index (χ0n) is 7.01. The lowest BCUT2D eigenvalue weighted by atomic mass is 10.1. The Bertz CT molecular complexity index is 273. The van der Waals surface area contributed by atoms with Crippen molar-refractivity contribution in [3.63, 3.8) is 0 Å². The first-order valence-corrected chi connectivity index (χ1v) is 3.63. The minimum absolute atomic E-state index is 0. The molecule has 66 valence electrons. The number of Topliss-reactive ketones (excluding diaryl/α,β-unsaturated/α-hetero) is 1. The summed E-state index contributed by atoms with van der Waals surface area (Å²) in [5.41, 5.74) is 5.62. The van der Waals surface area contributed by atoms with Crippen LogP contribution in [0.25, 0.3) is 0 Å². The van der Waals surface area contributed by atoms with Gasteiger partial charge in [-0.2, -0.15) is 0 Å². The summed E-state index contributed by atoms with van der Waals surface area (Å²) >= 11 is 0. The quantitative estimate of drug-likeness (QED) is 0.515. The van der Waals surface area contributed by atoms with Crippen LogP contribution in [0.2, 0.25) is 0 Å². The van der Waals surface area contributed by atoms with Crippen LogP contribution in [0.15, 0.2) is 24.3 Å². The number of quaternary nitrogens is 1. The zero-order valence-corrected chi connectivity index (χ0v) is 7.77. The van der Waals surface area contributed by atoms with Crippen LogP contribution in [0.4, 0.5) is 0 Å². The third-order valence-corrected chi connectivity index (χ3v) is 1.62. The van der Waals surface area contributed by atoms with Gasteiger partial charge in [-0.25, -0.2) is 0 Å². The lowest BCUT2D eigenvalue weighted by Crippen LogP contribution is -3.00. The number of carbonyl (C=O) groups excluding carboxylic acids is 1. The van der Waals surface area contributed by atoms with Gasteiger partial charge in [-0.05, 0) is 13.0 Å². The number of ketones is 1. The monoisotopic (exact) mass is 185 g/mol. The first kappa shape index (κ1) is 11.1. The highest BCUT2D eigenvalue weighted by Crippen LogP contribution is 2.04. The molecule has 0 radical (unpaired) electrons. The van der Waals surface area contributed by atoms with Gasteiger partial charge in [0.05, 0.1) is 6.54 Å². The first-order valence-electron chi connectivity index (χ1n) is 3.63. The smallest absolute Gasteiger partial charge is 0.159 e. The van der Waals surface area contributed by atoms with Crippen molar-refractivity contribution in [2.45, 2.75) is 13.5 Å². The predicted molar refractivity (Wildman–Crippen MR) is 43.0 cm³/mol. The number of rotatable bonds is 2. The summed E-state index contributed by atoms with van der Waals surface area (Å²) in [4.78, 5) is 10.9. The minimum Gasteiger partial charge on any atom is -1.00 e. The maximum absolute atomic E-state index is 10.9. The topological polar surface area (TPSA) is 44.7 Å². The van der Waals surface area contributed by atoms with Crippen LogP contribution in [0, 0.1) is 0 Å². The van der Waals surface area contributed by atoms with Crippen molar-refractivity contribution < 1.29 is 22.9 Å². The molecule has 0 saturated heterocycles. The van der Waals surface area contributed by atoms with Gasteiger partial charge in [-0.1, -0.05) is 18.2 Å². The molecule has 0 fully saturated rings. The summed E-state index contributed by atoms with van der Waals surface area (Å²) in [6, 6.07) is 7.56. The molecular weight excluding hydrogens is 174 g/mol. The third-order valence-electron chi connectivity index (χ3n) is 1.62. The molecule has 12 heavy (non-hydrogen) atoms. The van der Waals surface area contributed by atoms with E-state index in [1.54, 1.807) is 6.92 Å². The van der Waals surface area contributed by atoms with Crippen molar-refractivity contribution in [2.24, 2.45) is 0 Å². The van der Waals surface area contributed by atoms with Crippen LogP contribution >= 0.6 is 0 Å². The van der Waals surface area contributed by atoms with Crippen LogP contribution < -0.4 is 18.1 Å². The SMILES string of the molecule is CC(=O)c1cccc(C[NH3+])c1.[Cl-]. The second kappa shape index (κ2) is 4.91. The van der Waals surface area contributed by atoms with E-state index < -0.39 is 0 Å². The Morgan fingerprint density at radius 1 is 1.50 bits per heavy atom. The highest BCUT2D eigenvalue weighted by molar-refractivity contribution is 5.94. The van der Waals surface area contributed by atoms with Gasteiger partial charge in [-0.3, -0.25) is 4.79 Å². The van der Waals surface area contributed by atoms with E-state index in [1.807, 2.05) is 24.3 Å². The van der Waals surface area contributed by atoms with Crippen LogP contribution in [-0.2, 0) is 6.54 Å². The molecule has 0 atom stereocenters. The van der Waals surface area contributed by atoms with E-state index in [9.17, 15) is 4.79 Å². The Morgan fingerprint density at radius 2 is 2.17 bits per heavy atom. The minimum atomic E-state index is 0. The Balaban J connectivity index is 0.00000121. The molecule has 0 aromatic heterocycles. The molecule has 1 aromatic rings. The van der Waals surface area contributed by atoms with E-state index >= 15 is 0 Å². The van der Waals surface area contributed by atoms with E-state index in [4.69, 9.17) is 0 Å². The number of hydrogen-bond acceptors (Lipinski definition) is 1. The summed E-state index contributed by atoms with van der Waals surface area (Å²) in [6.07, 6.45) is 0. The van der Waals surface area contributed by atoms with E-state index in [1.165, 1.54) is 0 Å². The Labute approximate surface area is 78.2 Å². The predicted octanol–water partition coefficient (Wildman–Crippen LogP) is -2.36. The van der Waals surface area contributed by atoms with Gasteiger partial charge in [0, 0.05) is 11.1 Å². The average Bonchev–Trinajstić information content (AvgIpc) is 2.05. The van der Waals surface area contributed by atoms with E-state index in [-0.39, 0.29) is 18.2 Å². The molecule has 0 spiro atoms. The molecule has 0 aliphatic rings. The molecule has 0 bridgehead atoms. The lowest BCUT2D eigenvalue weighted by molar-refractivity contribution is -0.386. The van der Waals surface area contributed by atoms with Crippen LogP contribution in [-0.4, -0.2) is 5.78 Å². The number of carbonyl (C=O) groups is 1. The normalized spacial score (nSPS) is 8.83. The molecule has 3 heteroatoms. The van der Waals surface area contributed by atoms with Crippen molar-refractivity contribution in [3.8, 4) is 0 Å². The Hall–Kier alpha value is -0.860. The molecule has 1 aromatic carbocycles. The van der Waals surface area contributed by atoms with E-state index in [2.05, 4.69) is 5.73 Å². The molecule has 0 unspecified atom stereocenters. The van der Waals surface area contributed by atoms with Crippen molar-refractivity contribution in [2.75, 3.05) is 0 Å². The molecule has 0 saturated carbocycles. The highest BCUT2D eigenvalue weighted by atomic mass is 35.5. The zero-order chi connectivity index (χ0) is 8.27. The standard InChI is InChI=1S/C9H11NO.ClH/c1-7(11)9-4-2-3-8(5-9)6-10;/h2-5H,6,10H2,1H3;1H. The van der Waals surface area contributed by atoms with Gasteiger partial charge in [0.2, 0.25) is 0 Å². The highest BCUT2D eigenvalue weighted by Gasteiger charge is 1.98. The molecule has 0 amide bonds. The molecule has 0 aliphatic carbocycles. The van der Waals surface area contributed by atoms with Crippen molar-refractivity contribution in [1.29, 1.82) is 0 Å². The summed E-state index contributed by atoms with van der Waals surface area (Å²) in [7, 11) is 0. The molecule has 2 nitrogen and oxygen atoms in total. The second-order valence-corrected chi connectivity index (χ2v) is 2.51. The lowest BCUT2D eigenvalue weighted by Gasteiger charge is -1.96. The van der Waals surface area contributed by atoms with Gasteiger partial charge in [0.1, 0.15) is 0 Å². The number of hydrogen-bond donors (Lipinski definition) is 1. The van der Waals surface area contributed by atoms with E-state index in [0.29, 0.717) is 0 Å². The number of benzene rings is 1. The Morgan fingerprint density at radius 3 is 2.67 bits per heavy atom. The maximum Gasteiger partial charge on any atom is 0.159 e. The first-order chi connectivity index (χ1) is 5.24. The fourth-order valence-electron chi connectivity index (χ4n) is 0.946. The van der Waals surface area contributed by atoms with Gasteiger partial charge >= 0.3 is 0 Å². The summed E-state index contributed by atoms with van der Waals surface area (Å²) in [5, 5.41) is 0. The summed E-state index contributed by atoms with van der Waals surface area (Å²) < 4.78 is 0. The molecule has 1 rings (SSSR count).